The Labute approximate surface area is 273 Å². The van der Waals surface area contributed by atoms with E-state index in [1.54, 1.807) is 11.9 Å². The summed E-state index contributed by atoms with van der Waals surface area (Å²) < 4.78 is 16.8. The van der Waals surface area contributed by atoms with Crippen LogP contribution in [0, 0.1) is 23.3 Å². The highest BCUT2D eigenvalue weighted by Crippen LogP contribution is 2.35. The van der Waals surface area contributed by atoms with Gasteiger partial charge < -0.3 is 29.3 Å². The number of amides is 2. The molecule has 0 radical (unpaired) electrons. The van der Waals surface area contributed by atoms with Crippen LogP contribution in [0.2, 0.25) is 5.02 Å². The maximum atomic E-state index is 13.2. The molecule has 11 nitrogen and oxygen atoms in total. The Morgan fingerprint density at radius 2 is 1.89 bits per heavy atom. The SMILES string of the molecule is COC(=O)NCCOC(c1cccc(Cl)c1)[C@@H]1CCCN(C(=NC(C)C(C2CCCCC2)N(C)C(=O)OC(C)(C)C)NC#N)C1. The number of rotatable bonds is 10. The van der Waals surface area contributed by atoms with Crippen molar-refractivity contribution >= 4 is 29.7 Å². The minimum atomic E-state index is -0.609. The second-order valence-electron chi connectivity index (χ2n) is 13.0. The topological polar surface area (TPSA) is 129 Å². The van der Waals surface area contributed by atoms with E-state index in [0.717, 1.165) is 50.6 Å². The van der Waals surface area contributed by atoms with Gasteiger partial charge in [-0.05, 0) is 77.0 Å². The van der Waals surface area contributed by atoms with Crippen LogP contribution in [0.1, 0.15) is 84.3 Å². The third kappa shape index (κ3) is 11.3. The van der Waals surface area contributed by atoms with Crippen molar-refractivity contribution in [1.29, 1.82) is 5.26 Å². The number of carbonyl (C=O) groups is 2. The van der Waals surface area contributed by atoms with Gasteiger partial charge in [-0.25, -0.2) is 14.6 Å². The summed E-state index contributed by atoms with van der Waals surface area (Å²) in [6.07, 6.45) is 8.17. The van der Waals surface area contributed by atoms with Gasteiger partial charge in [0.05, 0.1) is 31.9 Å². The van der Waals surface area contributed by atoms with E-state index in [4.69, 9.17) is 26.1 Å². The number of hydrogen-bond donors (Lipinski definition) is 2. The van der Waals surface area contributed by atoms with Gasteiger partial charge in [0, 0.05) is 37.6 Å². The van der Waals surface area contributed by atoms with Gasteiger partial charge in [-0.2, -0.15) is 5.26 Å². The van der Waals surface area contributed by atoms with E-state index in [1.165, 1.54) is 13.5 Å². The molecule has 2 fully saturated rings. The van der Waals surface area contributed by atoms with Gasteiger partial charge in [0.15, 0.2) is 6.19 Å². The molecule has 2 amide bonds. The molecule has 1 saturated carbocycles. The fourth-order valence-corrected chi connectivity index (χ4v) is 6.72. The summed E-state index contributed by atoms with van der Waals surface area (Å²) in [4.78, 5) is 33.7. The van der Waals surface area contributed by atoms with Crippen molar-refractivity contribution in [3.05, 3.63) is 34.9 Å². The average molecular weight is 647 g/mol. The number of methoxy groups -OCH3 is 1. The molecule has 1 aromatic rings. The van der Waals surface area contributed by atoms with Crippen molar-refractivity contribution in [1.82, 2.24) is 20.4 Å². The van der Waals surface area contributed by atoms with Crippen molar-refractivity contribution in [2.24, 2.45) is 16.8 Å². The lowest BCUT2D eigenvalue weighted by molar-refractivity contribution is -0.00589. The number of likely N-dealkylation sites (tertiary alicyclic amines) is 1. The number of aliphatic imine (C=N–C) groups is 1. The van der Waals surface area contributed by atoms with Crippen LogP contribution in [-0.4, -0.2) is 86.0 Å². The van der Waals surface area contributed by atoms with E-state index in [9.17, 15) is 14.9 Å². The van der Waals surface area contributed by atoms with Crippen LogP contribution in [0.25, 0.3) is 0 Å². The minimum absolute atomic E-state index is 0.0647. The number of guanidine groups is 1. The summed E-state index contributed by atoms with van der Waals surface area (Å²) in [7, 11) is 3.12. The molecule has 1 aliphatic carbocycles. The first-order valence-corrected chi connectivity index (χ1v) is 16.4. The molecular formula is C33H51ClN6O5. The summed E-state index contributed by atoms with van der Waals surface area (Å²) in [5.74, 6) is 0.840. The van der Waals surface area contributed by atoms with Crippen molar-refractivity contribution in [2.75, 3.05) is 40.4 Å². The number of nitriles is 1. The molecule has 45 heavy (non-hydrogen) atoms. The van der Waals surface area contributed by atoms with Crippen molar-refractivity contribution in [3.63, 3.8) is 0 Å². The molecule has 3 rings (SSSR count). The lowest BCUT2D eigenvalue weighted by Gasteiger charge is -2.41. The Balaban J connectivity index is 1.85. The van der Waals surface area contributed by atoms with Crippen LogP contribution in [0.15, 0.2) is 29.3 Å². The van der Waals surface area contributed by atoms with Gasteiger partial charge in [0.2, 0.25) is 5.96 Å². The summed E-state index contributed by atoms with van der Waals surface area (Å²) in [5, 5.41) is 15.9. The number of likely N-dealkylation sites (N-methyl/N-ethyl adjacent to an activating group) is 1. The zero-order valence-corrected chi connectivity index (χ0v) is 28.4. The molecule has 2 N–H and O–H groups in total. The maximum absolute atomic E-state index is 13.2. The normalized spacial score (nSPS) is 19.9. The Bertz CT molecular complexity index is 1180. The first kappa shape index (κ1) is 36.2. The summed E-state index contributed by atoms with van der Waals surface area (Å²) in [6, 6.07) is 7.17. The van der Waals surface area contributed by atoms with Crippen LogP contribution in [0.3, 0.4) is 0 Å². The molecule has 2 aliphatic rings. The molecule has 0 bridgehead atoms. The van der Waals surface area contributed by atoms with Crippen LogP contribution in [0.4, 0.5) is 9.59 Å². The Morgan fingerprint density at radius 1 is 1.18 bits per heavy atom. The van der Waals surface area contributed by atoms with E-state index < -0.39 is 11.7 Å². The number of hydrogen-bond acceptors (Lipinski definition) is 7. The lowest BCUT2D eigenvalue weighted by atomic mass is 9.81. The first-order valence-electron chi connectivity index (χ1n) is 16.1. The van der Waals surface area contributed by atoms with E-state index in [-0.39, 0.29) is 42.7 Å². The predicted molar refractivity (Wildman–Crippen MR) is 175 cm³/mol. The highest BCUT2D eigenvalue weighted by atomic mass is 35.5. The second kappa shape index (κ2) is 17.5. The molecular weight excluding hydrogens is 596 g/mol. The number of alkyl carbamates (subject to hydrolysis) is 1. The van der Waals surface area contributed by atoms with Gasteiger partial charge in [0.25, 0.3) is 0 Å². The fourth-order valence-electron chi connectivity index (χ4n) is 6.53. The Hall–Kier alpha value is -3.23. The highest BCUT2D eigenvalue weighted by molar-refractivity contribution is 6.30. The number of halogens is 1. The maximum Gasteiger partial charge on any atom is 0.410 e. The number of ether oxygens (including phenoxy) is 3. The molecule has 4 atom stereocenters. The largest absolute Gasteiger partial charge is 0.453 e. The Kier molecular flexibility index (Phi) is 14.1. The molecule has 0 aromatic heterocycles. The molecule has 0 spiro atoms. The summed E-state index contributed by atoms with van der Waals surface area (Å²) in [5.41, 5.74) is 0.339. The van der Waals surface area contributed by atoms with Crippen LogP contribution >= 0.6 is 11.6 Å². The number of nitrogens with zero attached hydrogens (tertiary/aromatic N) is 4. The number of piperidine rings is 1. The minimum Gasteiger partial charge on any atom is -0.453 e. The van der Waals surface area contributed by atoms with E-state index in [2.05, 4.69) is 26.5 Å². The van der Waals surface area contributed by atoms with Crippen LogP contribution in [-0.2, 0) is 14.2 Å². The standard InChI is InChI=1S/C33H51ClN6O5/c1-23(28(24-12-8-7-9-13-24)39(5)32(42)45-33(2,3)4)38-30(37-22-35)40-18-11-15-26(21-40)29(25-14-10-16-27(34)20-25)44-19-17-36-31(41)43-6/h10,14,16,20,23-24,26,28-29H,7-9,11-13,15,17-19,21H2,1-6H3,(H,36,41)(H,37,38)/t23?,26-,28?,29?/m1/s1. The fraction of sp³-hybridized carbons (Fsp3) is 0.697. The van der Waals surface area contributed by atoms with E-state index in [0.29, 0.717) is 24.1 Å². The predicted octanol–water partition coefficient (Wildman–Crippen LogP) is 6.10. The van der Waals surface area contributed by atoms with Crippen LogP contribution < -0.4 is 10.6 Å². The summed E-state index contributed by atoms with van der Waals surface area (Å²) in [6.45, 7) is 9.53. The lowest BCUT2D eigenvalue weighted by Crippen LogP contribution is -2.52. The van der Waals surface area contributed by atoms with Gasteiger partial charge in [-0.1, -0.05) is 43.0 Å². The zero-order valence-electron chi connectivity index (χ0n) is 27.7. The van der Waals surface area contributed by atoms with Crippen LogP contribution in [0.5, 0.6) is 0 Å². The number of benzene rings is 1. The number of nitrogens with one attached hydrogen (secondary N) is 2. The highest BCUT2D eigenvalue weighted by Gasteiger charge is 2.37. The molecule has 3 unspecified atom stereocenters. The first-order chi connectivity index (χ1) is 21.4. The molecule has 1 heterocycles. The Morgan fingerprint density at radius 3 is 2.53 bits per heavy atom. The zero-order chi connectivity index (χ0) is 33.0. The van der Waals surface area contributed by atoms with Crippen molar-refractivity contribution < 1.29 is 23.8 Å². The van der Waals surface area contributed by atoms with E-state index in [1.807, 2.05) is 52.0 Å². The number of carbonyl (C=O) groups excluding carboxylic acids is 2. The summed E-state index contributed by atoms with van der Waals surface area (Å²) >= 11 is 6.36. The third-order valence-electron chi connectivity index (χ3n) is 8.47. The van der Waals surface area contributed by atoms with Gasteiger partial charge in [-0.3, -0.25) is 5.32 Å². The molecule has 12 heteroatoms. The molecule has 1 aliphatic heterocycles. The van der Waals surface area contributed by atoms with Gasteiger partial charge >= 0.3 is 12.2 Å². The third-order valence-corrected chi connectivity index (χ3v) is 8.70. The molecule has 250 valence electrons. The average Bonchev–Trinajstić information content (AvgIpc) is 3.00. The molecule has 1 aromatic carbocycles. The van der Waals surface area contributed by atoms with Gasteiger partial charge in [0.1, 0.15) is 5.60 Å². The second-order valence-corrected chi connectivity index (χ2v) is 13.5. The van der Waals surface area contributed by atoms with Gasteiger partial charge in [-0.15, -0.1) is 0 Å². The quantitative estimate of drug-likeness (QED) is 0.103. The van der Waals surface area contributed by atoms with Crippen molar-refractivity contribution in [2.45, 2.75) is 96.4 Å². The molecule has 1 saturated heterocycles. The smallest absolute Gasteiger partial charge is 0.410 e. The monoisotopic (exact) mass is 646 g/mol. The van der Waals surface area contributed by atoms with Crippen molar-refractivity contribution in [3.8, 4) is 6.19 Å². The van der Waals surface area contributed by atoms with E-state index >= 15 is 0 Å².